The summed E-state index contributed by atoms with van der Waals surface area (Å²) in [5.41, 5.74) is 5.53. The molecule has 1 unspecified atom stereocenters. The van der Waals surface area contributed by atoms with Crippen LogP contribution in [0.3, 0.4) is 0 Å². The highest BCUT2D eigenvalue weighted by Crippen LogP contribution is 1.98. The Morgan fingerprint density at radius 2 is 2.18 bits per heavy atom. The van der Waals surface area contributed by atoms with E-state index in [4.69, 9.17) is 15.2 Å². The van der Waals surface area contributed by atoms with Gasteiger partial charge in [-0.15, -0.1) is 0 Å². The molecule has 0 radical (unpaired) electrons. The molecule has 0 amide bonds. The minimum absolute atomic E-state index is 0.435. The molecule has 1 heterocycles. The van der Waals surface area contributed by atoms with Gasteiger partial charge in [-0.05, 0) is 19.4 Å². The number of rotatable bonds is 9. The molecule has 5 nitrogen and oxygen atoms in total. The van der Waals surface area contributed by atoms with Crippen molar-refractivity contribution in [2.24, 2.45) is 5.73 Å². The van der Waals surface area contributed by atoms with Gasteiger partial charge in [0.25, 0.3) is 0 Å². The zero-order valence-corrected chi connectivity index (χ0v) is 11.0. The first-order valence-electron chi connectivity index (χ1n) is 6.59. The largest absolute Gasteiger partial charge is 0.383 e. The summed E-state index contributed by atoms with van der Waals surface area (Å²) in [4.78, 5) is 2.43. The van der Waals surface area contributed by atoms with Crippen molar-refractivity contribution in [3.63, 3.8) is 0 Å². The first kappa shape index (κ1) is 14.9. The minimum Gasteiger partial charge on any atom is -0.383 e. The van der Waals surface area contributed by atoms with Crippen LogP contribution in [0.1, 0.15) is 12.8 Å². The van der Waals surface area contributed by atoms with Crippen molar-refractivity contribution in [3.8, 4) is 0 Å². The Morgan fingerprint density at radius 3 is 2.82 bits per heavy atom. The summed E-state index contributed by atoms with van der Waals surface area (Å²) < 4.78 is 10.5. The minimum atomic E-state index is 0.435. The molecule has 1 aliphatic rings. The quantitative estimate of drug-likeness (QED) is 0.582. The first-order valence-corrected chi connectivity index (χ1v) is 6.59. The van der Waals surface area contributed by atoms with E-state index in [1.54, 1.807) is 7.11 Å². The maximum Gasteiger partial charge on any atom is 0.0615 e. The van der Waals surface area contributed by atoms with E-state index in [2.05, 4.69) is 10.2 Å². The van der Waals surface area contributed by atoms with Gasteiger partial charge in [-0.3, -0.25) is 4.90 Å². The van der Waals surface area contributed by atoms with E-state index in [0.29, 0.717) is 6.04 Å². The van der Waals surface area contributed by atoms with Gasteiger partial charge in [0.15, 0.2) is 0 Å². The Labute approximate surface area is 105 Å². The van der Waals surface area contributed by atoms with E-state index in [1.807, 2.05) is 0 Å². The van der Waals surface area contributed by atoms with Gasteiger partial charge in [0.05, 0.1) is 19.8 Å². The van der Waals surface area contributed by atoms with Gasteiger partial charge >= 0.3 is 0 Å². The third kappa shape index (κ3) is 6.95. The molecule has 17 heavy (non-hydrogen) atoms. The van der Waals surface area contributed by atoms with Crippen LogP contribution in [0, 0.1) is 0 Å². The molecule has 0 aromatic carbocycles. The predicted octanol–water partition coefficient (Wildman–Crippen LogP) is -0.338. The fourth-order valence-electron chi connectivity index (χ4n) is 2.06. The van der Waals surface area contributed by atoms with Gasteiger partial charge in [0.1, 0.15) is 0 Å². The smallest absolute Gasteiger partial charge is 0.0615 e. The van der Waals surface area contributed by atoms with E-state index in [1.165, 1.54) is 0 Å². The van der Waals surface area contributed by atoms with Crippen molar-refractivity contribution in [3.05, 3.63) is 0 Å². The van der Waals surface area contributed by atoms with Crippen molar-refractivity contribution in [2.45, 2.75) is 18.9 Å². The average Bonchev–Trinajstić information content (AvgIpc) is 2.37. The molecule has 1 aliphatic heterocycles. The Morgan fingerprint density at radius 1 is 1.41 bits per heavy atom. The second-order valence-corrected chi connectivity index (χ2v) is 4.49. The van der Waals surface area contributed by atoms with Crippen LogP contribution in [0.4, 0.5) is 0 Å². The van der Waals surface area contributed by atoms with Crippen molar-refractivity contribution >= 4 is 0 Å². The van der Waals surface area contributed by atoms with Crippen LogP contribution in [-0.2, 0) is 9.47 Å². The standard InChI is InChI=1S/C12H27N3O2/c1-16-11-12(3-2-4-13)14-5-6-15-7-9-17-10-8-15/h12,14H,2-11,13H2,1H3. The molecule has 5 heteroatoms. The molecule has 0 bridgehead atoms. The summed E-state index contributed by atoms with van der Waals surface area (Å²) in [5.74, 6) is 0. The lowest BCUT2D eigenvalue weighted by Gasteiger charge is -2.27. The second-order valence-electron chi connectivity index (χ2n) is 4.49. The number of methoxy groups -OCH3 is 1. The van der Waals surface area contributed by atoms with E-state index in [0.717, 1.165) is 65.4 Å². The lowest BCUT2D eigenvalue weighted by molar-refractivity contribution is 0.0376. The number of ether oxygens (including phenoxy) is 2. The Balaban J connectivity index is 2.07. The molecule has 3 N–H and O–H groups in total. The fraction of sp³-hybridized carbons (Fsp3) is 1.00. The SMILES string of the molecule is COCC(CCCN)NCCN1CCOCC1. The van der Waals surface area contributed by atoms with Crippen LogP contribution in [-0.4, -0.2) is 70.6 Å². The van der Waals surface area contributed by atoms with E-state index < -0.39 is 0 Å². The number of hydrogen-bond donors (Lipinski definition) is 2. The number of nitrogens with one attached hydrogen (secondary N) is 1. The van der Waals surface area contributed by atoms with Crippen LogP contribution in [0.5, 0.6) is 0 Å². The third-order valence-electron chi connectivity index (χ3n) is 3.09. The Bertz CT molecular complexity index is 175. The van der Waals surface area contributed by atoms with Crippen LogP contribution >= 0.6 is 0 Å². The molecule has 0 aromatic rings. The molecule has 1 rings (SSSR count). The highest BCUT2D eigenvalue weighted by Gasteiger charge is 2.11. The molecule has 0 saturated carbocycles. The monoisotopic (exact) mass is 245 g/mol. The molecule has 102 valence electrons. The van der Waals surface area contributed by atoms with Gasteiger partial charge in [-0.2, -0.15) is 0 Å². The first-order chi connectivity index (χ1) is 8.36. The van der Waals surface area contributed by atoms with Gasteiger partial charge in [-0.1, -0.05) is 0 Å². The van der Waals surface area contributed by atoms with Crippen molar-refractivity contribution < 1.29 is 9.47 Å². The summed E-state index contributed by atoms with van der Waals surface area (Å²) in [5, 5.41) is 3.54. The van der Waals surface area contributed by atoms with Crippen LogP contribution in [0.25, 0.3) is 0 Å². The molecule has 1 atom stereocenters. The average molecular weight is 245 g/mol. The molecule has 0 aliphatic carbocycles. The summed E-state index contributed by atoms with van der Waals surface area (Å²) in [6.07, 6.45) is 2.14. The maximum atomic E-state index is 5.53. The number of nitrogens with zero attached hydrogens (tertiary/aromatic N) is 1. The topological polar surface area (TPSA) is 59.8 Å². The van der Waals surface area contributed by atoms with Gasteiger partial charge in [0, 0.05) is 39.3 Å². The molecule has 0 spiro atoms. The molecular weight excluding hydrogens is 218 g/mol. The van der Waals surface area contributed by atoms with Crippen molar-refractivity contribution in [2.75, 3.05) is 59.7 Å². The number of morpholine rings is 1. The fourth-order valence-corrected chi connectivity index (χ4v) is 2.06. The normalized spacial score (nSPS) is 19.4. The third-order valence-corrected chi connectivity index (χ3v) is 3.09. The van der Waals surface area contributed by atoms with Crippen molar-refractivity contribution in [1.82, 2.24) is 10.2 Å². The number of hydrogen-bond acceptors (Lipinski definition) is 5. The summed E-state index contributed by atoms with van der Waals surface area (Å²) >= 11 is 0. The Hall–Kier alpha value is -0.200. The summed E-state index contributed by atoms with van der Waals surface area (Å²) in [6, 6.07) is 0.435. The lowest BCUT2D eigenvalue weighted by atomic mass is 10.1. The van der Waals surface area contributed by atoms with Gasteiger partial charge in [0.2, 0.25) is 0 Å². The molecule has 1 saturated heterocycles. The van der Waals surface area contributed by atoms with Gasteiger partial charge < -0.3 is 20.5 Å². The molecule has 1 fully saturated rings. The Kier molecular flexibility index (Phi) is 8.56. The highest BCUT2D eigenvalue weighted by atomic mass is 16.5. The zero-order chi connectivity index (χ0) is 12.3. The van der Waals surface area contributed by atoms with E-state index >= 15 is 0 Å². The number of nitrogens with two attached hydrogens (primary N) is 1. The highest BCUT2D eigenvalue weighted by molar-refractivity contribution is 4.69. The van der Waals surface area contributed by atoms with Crippen LogP contribution in [0.15, 0.2) is 0 Å². The predicted molar refractivity (Wildman–Crippen MR) is 69.2 cm³/mol. The molecular formula is C12H27N3O2. The summed E-state index contributed by atoms with van der Waals surface area (Å²) in [6.45, 7) is 7.47. The van der Waals surface area contributed by atoms with E-state index in [9.17, 15) is 0 Å². The zero-order valence-electron chi connectivity index (χ0n) is 11.0. The molecule has 0 aromatic heterocycles. The van der Waals surface area contributed by atoms with Gasteiger partial charge in [-0.25, -0.2) is 0 Å². The van der Waals surface area contributed by atoms with Crippen molar-refractivity contribution in [1.29, 1.82) is 0 Å². The maximum absolute atomic E-state index is 5.53. The summed E-state index contributed by atoms with van der Waals surface area (Å²) in [7, 11) is 1.75. The second kappa shape index (κ2) is 9.79. The van der Waals surface area contributed by atoms with Crippen LogP contribution in [0.2, 0.25) is 0 Å². The van der Waals surface area contributed by atoms with Crippen LogP contribution < -0.4 is 11.1 Å². The van der Waals surface area contributed by atoms with E-state index in [-0.39, 0.29) is 0 Å². The lowest BCUT2D eigenvalue weighted by Crippen LogP contribution is -2.43.